The van der Waals surface area contributed by atoms with E-state index in [9.17, 15) is 5.11 Å². The third-order valence-electron chi connectivity index (χ3n) is 6.07. The van der Waals surface area contributed by atoms with E-state index in [1.54, 1.807) is 0 Å². The van der Waals surface area contributed by atoms with Gasteiger partial charge in [0.1, 0.15) is 0 Å². The van der Waals surface area contributed by atoms with Crippen molar-refractivity contribution in [1.82, 2.24) is 15.1 Å². The third-order valence-corrected chi connectivity index (χ3v) is 6.07. The number of nitrogens with one attached hydrogen (secondary N) is 1. The molecule has 0 amide bonds. The Hall–Kier alpha value is -1.06. The maximum absolute atomic E-state index is 9.72. The predicted molar refractivity (Wildman–Crippen MR) is 133 cm³/mol. The molecule has 2 heterocycles. The summed E-state index contributed by atoms with van der Waals surface area (Å²) < 4.78 is 0. The van der Waals surface area contributed by atoms with Gasteiger partial charge in [-0.05, 0) is 50.8 Å². The fourth-order valence-corrected chi connectivity index (χ4v) is 4.09. The second-order valence-electron chi connectivity index (χ2n) is 8.00. The summed E-state index contributed by atoms with van der Waals surface area (Å²) in [4.78, 5) is 12.2. The van der Waals surface area contributed by atoms with Gasteiger partial charge in [-0.3, -0.25) is 9.89 Å². The molecule has 0 radical (unpaired) electrons. The standard InChI is InChI=1S/C22H37N5O.HI/c1-4-23-22(27-11-8-20(28)9-12-27)24-10-13-25-14-16-26(17-15-25)21-7-5-6-18(2)19(21)3;/h5-7,20,28H,4,8-17H2,1-3H3,(H,23,24);1H. The molecule has 2 aliphatic heterocycles. The van der Waals surface area contributed by atoms with Crippen molar-refractivity contribution in [2.45, 2.75) is 39.7 Å². The molecule has 164 valence electrons. The lowest BCUT2D eigenvalue weighted by molar-refractivity contribution is 0.108. The van der Waals surface area contributed by atoms with E-state index in [4.69, 9.17) is 4.99 Å². The molecule has 0 aromatic heterocycles. The summed E-state index contributed by atoms with van der Waals surface area (Å²) in [6.45, 7) is 15.4. The van der Waals surface area contributed by atoms with Gasteiger partial charge in [-0.15, -0.1) is 24.0 Å². The molecule has 0 aliphatic carbocycles. The number of hydrogen-bond acceptors (Lipinski definition) is 4. The van der Waals surface area contributed by atoms with Crippen LogP contribution in [0.1, 0.15) is 30.9 Å². The highest BCUT2D eigenvalue weighted by atomic mass is 127. The van der Waals surface area contributed by atoms with E-state index in [1.807, 2.05) is 0 Å². The second-order valence-corrected chi connectivity index (χ2v) is 8.00. The normalized spacial score (nSPS) is 19.2. The molecule has 0 unspecified atom stereocenters. The topological polar surface area (TPSA) is 54.3 Å². The van der Waals surface area contributed by atoms with Gasteiger partial charge in [0.15, 0.2) is 5.96 Å². The van der Waals surface area contributed by atoms with E-state index in [1.165, 1.54) is 16.8 Å². The molecule has 0 spiro atoms. The summed E-state index contributed by atoms with van der Waals surface area (Å²) in [7, 11) is 0. The summed E-state index contributed by atoms with van der Waals surface area (Å²) in [6, 6.07) is 6.61. The Bertz CT molecular complexity index is 653. The number of benzene rings is 1. The molecule has 0 bridgehead atoms. The average molecular weight is 515 g/mol. The molecule has 1 aromatic rings. The number of piperidine rings is 1. The highest BCUT2D eigenvalue weighted by molar-refractivity contribution is 14.0. The molecular weight excluding hydrogens is 477 g/mol. The molecule has 2 aliphatic rings. The number of anilines is 1. The number of likely N-dealkylation sites (tertiary alicyclic amines) is 1. The van der Waals surface area contributed by atoms with Crippen molar-refractivity contribution in [2.24, 2.45) is 4.99 Å². The second kappa shape index (κ2) is 12.0. The number of aryl methyl sites for hydroxylation is 1. The van der Waals surface area contributed by atoms with Gasteiger partial charge in [-0.1, -0.05) is 12.1 Å². The fraction of sp³-hybridized carbons (Fsp3) is 0.682. The molecular formula is C22H38IN5O. The van der Waals surface area contributed by atoms with Crippen molar-refractivity contribution >= 4 is 35.6 Å². The number of rotatable bonds is 5. The maximum Gasteiger partial charge on any atom is 0.193 e. The Morgan fingerprint density at radius 3 is 2.45 bits per heavy atom. The van der Waals surface area contributed by atoms with Crippen molar-refractivity contribution < 1.29 is 5.11 Å². The van der Waals surface area contributed by atoms with Crippen LogP contribution in [0.3, 0.4) is 0 Å². The van der Waals surface area contributed by atoms with Gasteiger partial charge in [-0.2, -0.15) is 0 Å². The highest BCUT2D eigenvalue weighted by Gasteiger charge is 2.21. The van der Waals surface area contributed by atoms with Crippen molar-refractivity contribution in [3.63, 3.8) is 0 Å². The van der Waals surface area contributed by atoms with E-state index in [-0.39, 0.29) is 30.1 Å². The van der Waals surface area contributed by atoms with Crippen LogP contribution in [-0.4, -0.2) is 85.9 Å². The van der Waals surface area contributed by atoms with Crippen LogP contribution in [0, 0.1) is 13.8 Å². The molecule has 2 saturated heterocycles. The SMILES string of the molecule is CCNC(=NCCN1CCN(c2cccc(C)c2C)CC1)N1CCC(O)CC1.I. The minimum atomic E-state index is -0.146. The van der Waals surface area contributed by atoms with Gasteiger partial charge in [0.05, 0.1) is 12.6 Å². The summed E-state index contributed by atoms with van der Waals surface area (Å²) in [6.07, 6.45) is 1.53. The van der Waals surface area contributed by atoms with Crippen LogP contribution in [0.15, 0.2) is 23.2 Å². The van der Waals surface area contributed by atoms with Crippen molar-refractivity contribution in [1.29, 1.82) is 0 Å². The number of hydrogen-bond donors (Lipinski definition) is 2. The Balaban J connectivity index is 0.00000300. The quantitative estimate of drug-likeness (QED) is 0.359. The molecule has 7 heteroatoms. The zero-order valence-corrected chi connectivity index (χ0v) is 20.6. The largest absolute Gasteiger partial charge is 0.393 e. The predicted octanol–water partition coefficient (Wildman–Crippen LogP) is 2.47. The Kier molecular flexibility index (Phi) is 9.98. The Labute approximate surface area is 193 Å². The number of guanidine groups is 1. The zero-order valence-electron chi connectivity index (χ0n) is 18.2. The van der Waals surface area contributed by atoms with Crippen LogP contribution >= 0.6 is 24.0 Å². The molecule has 2 fully saturated rings. The Morgan fingerprint density at radius 2 is 1.79 bits per heavy atom. The lowest BCUT2D eigenvalue weighted by Crippen LogP contribution is -2.48. The first-order valence-corrected chi connectivity index (χ1v) is 10.8. The molecule has 29 heavy (non-hydrogen) atoms. The molecule has 6 nitrogen and oxygen atoms in total. The molecule has 3 rings (SSSR count). The smallest absolute Gasteiger partial charge is 0.193 e. The zero-order chi connectivity index (χ0) is 19.9. The van der Waals surface area contributed by atoms with E-state index >= 15 is 0 Å². The minimum Gasteiger partial charge on any atom is -0.393 e. The Morgan fingerprint density at radius 1 is 1.10 bits per heavy atom. The van der Waals surface area contributed by atoms with Gasteiger partial charge in [-0.25, -0.2) is 0 Å². The maximum atomic E-state index is 9.72. The third kappa shape index (κ3) is 6.72. The van der Waals surface area contributed by atoms with Gasteiger partial charge >= 0.3 is 0 Å². The van der Waals surface area contributed by atoms with E-state index in [0.717, 1.165) is 77.7 Å². The van der Waals surface area contributed by atoms with E-state index < -0.39 is 0 Å². The highest BCUT2D eigenvalue weighted by Crippen LogP contribution is 2.23. The number of aliphatic hydroxyl groups is 1. The van der Waals surface area contributed by atoms with Crippen molar-refractivity contribution in [3.8, 4) is 0 Å². The summed E-state index contributed by atoms with van der Waals surface area (Å²) >= 11 is 0. The monoisotopic (exact) mass is 515 g/mol. The molecule has 0 saturated carbocycles. The summed E-state index contributed by atoms with van der Waals surface area (Å²) in [5.41, 5.74) is 4.16. The van der Waals surface area contributed by atoms with Crippen LogP contribution in [-0.2, 0) is 0 Å². The van der Waals surface area contributed by atoms with Crippen LogP contribution in [0.2, 0.25) is 0 Å². The van der Waals surface area contributed by atoms with Crippen LogP contribution in [0.25, 0.3) is 0 Å². The van der Waals surface area contributed by atoms with E-state index in [0.29, 0.717) is 0 Å². The lowest BCUT2D eigenvalue weighted by atomic mass is 10.1. The number of aliphatic imine (C=N–C) groups is 1. The minimum absolute atomic E-state index is 0. The molecule has 1 aromatic carbocycles. The van der Waals surface area contributed by atoms with Crippen molar-refractivity contribution in [2.75, 3.05) is 63.8 Å². The first-order chi connectivity index (χ1) is 13.6. The number of halogens is 1. The molecule has 2 N–H and O–H groups in total. The van der Waals surface area contributed by atoms with Crippen LogP contribution < -0.4 is 10.2 Å². The van der Waals surface area contributed by atoms with Gasteiger partial charge in [0.2, 0.25) is 0 Å². The van der Waals surface area contributed by atoms with E-state index in [2.05, 4.69) is 59.0 Å². The lowest BCUT2D eigenvalue weighted by Gasteiger charge is -2.37. The van der Waals surface area contributed by atoms with Gasteiger partial charge in [0, 0.05) is 58.0 Å². The van der Waals surface area contributed by atoms with Crippen LogP contribution in [0.5, 0.6) is 0 Å². The molecule has 0 atom stereocenters. The number of nitrogens with zero attached hydrogens (tertiary/aromatic N) is 4. The van der Waals surface area contributed by atoms with Crippen molar-refractivity contribution in [3.05, 3.63) is 29.3 Å². The summed E-state index contributed by atoms with van der Waals surface area (Å²) in [5.74, 6) is 1.00. The van der Waals surface area contributed by atoms with Gasteiger partial charge < -0.3 is 20.2 Å². The van der Waals surface area contributed by atoms with Gasteiger partial charge in [0.25, 0.3) is 0 Å². The number of aliphatic hydroxyl groups excluding tert-OH is 1. The number of piperazine rings is 1. The fourth-order valence-electron chi connectivity index (χ4n) is 4.09. The first-order valence-electron chi connectivity index (χ1n) is 10.8. The summed E-state index contributed by atoms with van der Waals surface area (Å²) in [5, 5.41) is 13.1. The average Bonchev–Trinajstić information content (AvgIpc) is 2.71. The van der Waals surface area contributed by atoms with Crippen LogP contribution in [0.4, 0.5) is 5.69 Å². The first kappa shape index (κ1) is 24.2.